The summed E-state index contributed by atoms with van der Waals surface area (Å²) in [6, 6.07) is 0. The van der Waals surface area contributed by atoms with Crippen molar-refractivity contribution < 1.29 is 0 Å². The zero-order valence-corrected chi connectivity index (χ0v) is 9.55. The van der Waals surface area contributed by atoms with E-state index >= 15 is 0 Å². The van der Waals surface area contributed by atoms with E-state index in [0.29, 0.717) is 0 Å². The Balaban J connectivity index is 3.56. The van der Waals surface area contributed by atoms with Gasteiger partial charge in [0.25, 0.3) is 0 Å². The van der Waals surface area contributed by atoms with Gasteiger partial charge in [-0.15, -0.1) is 0 Å². The van der Waals surface area contributed by atoms with Crippen LogP contribution in [-0.4, -0.2) is 31.1 Å². The first kappa shape index (κ1) is 12.9. The molecule has 1 unspecified atom stereocenters. The Morgan fingerprint density at radius 2 is 2.00 bits per heavy atom. The van der Waals surface area contributed by atoms with E-state index in [2.05, 4.69) is 25.7 Å². The quantitative estimate of drug-likeness (QED) is 0.629. The van der Waals surface area contributed by atoms with Crippen LogP contribution in [0.4, 0.5) is 0 Å². The summed E-state index contributed by atoms with van der Waals surface area (Å²) in [6.07, 6.45) is 3.77. The Morgan fingerprint density at radius 1 is 1.31 bits per heavy atom. The van der Waals surface area contributed by atoms with Gasteiger partial charge in [0, 0.05) is 6.54 Å². The molecular weight excluding hydrogens is 160 g/mol. The van der Waals surface area contributed by atoms with Crippen molar-refractivity contribution in [3.05, 3.63) is 0 Å². The fraction of sp³-hybridized carbons (Fsp3) is 1.00. The zero-order valence-electron chi connectivity index (χ0n) is 9.55. The molecule has 0 aromatic carbocycles. The summed E-state index contributed by atoms with van der Waals surface area (Å²) in [5.41, 5.74) is 5.53. The highest BCUT2D eigenvalue weighted by Gasteiger charge is 2.06. The van der Waals surface area contributed by atoms with Gasteiger partial charge in [-0.05, 0) is 38.4 Å². The van der Waals surface area contributed by atoms with E-state index in [9.17, 15) is 0 Å². The van der Waals surface area contributed by atoms with Crippen molar-refractivity contribution in [1.82, 2.24) is 4.90 Å². The van der Waals surface area contributed by atoms with Crippen molar-refractivity contribution in [2.45, 2.75) is 40.0 Å². The molecule has 13 heavy (non-hydrogen) atoms. The van der Waals surface area contributed by atoms with Crippen LogP contribution in [0.25, 0.3) is 0 Å². The number of nitrogens with two attached hydrogens (primary N) is 1. The molecule has 1 atom stereocenters. The molecule has 0 radical (unpaired) electrons. The Morgan fingerprint density at radius 3 is 2.46 bits per heavy atom. The van der Waals surface area contributed by atoms with Gasteiger partial charge in [-0.1, -0.05) is 27.2 Å². The Labute approximate surface area is 83.5 Å². The van der Waals surface area contributed by atoms with Gasteiger partial charge in [0.2, 0.25) is 0 Å². The van der Waals surface area contributed by atoms with Crippen LogP contribution in [0.2, 0.25) is 0 Å². The van der Waals surface area contributed by atoms with E-state index in [1.54, 1.807) is 0 Å². The number of hydrogen-bond acceptors (Lipinski definition) is 2. The maximum atomic E-state index is 5.53. The molecule has 80 valence electrons. The molecular formula is C11H26N2. The third-order valence-electron chi connectivity index (χ3n) is 2.50. The third-order valence-corrected chi connectivity index (χ3v) is 2.50. The lowest BCUT2D eigenvalue weighted by Gasteiger charge is -2.23. The van der Waals surface area contributed by atoms with Gasteiger partial charge in [0.05, 0.1) is 0 Å². The third kappa shape index (κ3) is 7.03. The lowest BCUT2D eigenvalue weighted by Crippen LogP contribution is -2.30. The maximum absolute atomic E-state index is 5.53. The van der Waals surface area contributed by atoms with Gasteiger partial charge in [-0.3, -0.25) is 0 Å². The van der Waals surface area contributed by atoms with Crippen LogP contribution in [-0.2, 0) is 0 Å². The van der Waals surface area contributed by atoms with Crippen molar-refractivity contribution in [2.75, 3.05) is 26.2 Å². The minimum atomic E-state index is 0.752. The molecule has 0 aromatic rings. The van der Waals surface area contributed by atoms with Gasteiger partial charge in [0.15, 0.2) is 0 Å². The molecule has 0 rings (SSSR count). The molecule has 0 heterocycles. The van der Waals surface area contributed by atoms with E-state index in [0.717, 1.165) is 18.9 Å². The van der Waals surface area contributed by atoms with Crippen LogP contribution >= 0.6 is 0 Å². The molecule has 0 saturated carbocycles. The van der Waals surface area contributed by atoms with Gasteiger partial charge < -0.3 is 10.6 Å². The fourth-order valence-electron chi connectivity index (χ4n) is 1.58. The van der Waals surface area contributed by atoms with Crippen LogP contribution in [0.3, 0.4) is 0 Å². The van der Waals surface area contributed by atoms with Crippen molar-refractivity contribution in [2.24, 2.45) is 11.7 Å². The second-order valence-corrected chi connectivity index (χ2v) is 3.93. The number of unbranched alkanes of at least 4 members (excludes halogenated alkanes) is 1. The number of rotatable bonds is 8. The standard InChI is InChI=1S/C11H26N2/c1-4-6-9-13(5-2)10-11(3)7-8-12/h11H,4-10,12H2,1-3H3. The lowest BCUT2D eigenvalue weighted by atomic mass is 10.1. The molecule has 0 aliphatic heterocycles. The first-order valence-electron chi connectivity index (χ1n) is 5.66. The van der Waals surface area contributed by atoms with Crippen molar-refractivity contribution >= 4 is 0 Å². The molecule has 0 fully saturated rings. The second-order valence-electron chi connectivity index (χ2n) is 3.93. The average molecular weight is 186 g/mol. The lowest BCUT2D eigenvalue weighted by molar-refractivity contribution is 0.241. The molecule has 0 amide bonds. The highest BCUT2D eigenvalue weighted by atomic mass is 15.1. The van der Waals surface area contributed by atoms with Crippen LogP contribution in [0.1, 0.15) is 40.0 Å². The molecule has 0 aliphatic carbocycles. The van der Waals surface area contributed by atoms with Crippen molar-refractivity contribution in [3.63, 3.8) is 0 Å². The summed E-state index contributed by atoms with van der Waals surface area (Å²) in [7, 11) is 0. The topological polar surface area (TPSA) is 29.3 Å². The summed E-state index contributed by atoms with van der Waals surface area (Å²) in [6.45, 7) is 11.3. The van der Waals surface area contributed by atoms with Crippen molar-refractivity contribution in [1.29, 1.82) is 0 Å². The normalized spacial score (nSPS) is 13.6. The summed E-state index contributed by atoms with van der Waals surface area (Å²) >= 11 is 0. The molecule has 0 spiro atoms. The van der Waals surface area contributed by atoms with Crippen molar-refractivity contribution in [3.8, 4) is 0 Å². The zero-order chi connectivity index (χ0) is 10.1. The van der Waals surface area contributed by atoms with Crippen LogP contribution < -0.4 is 5.73 Å². The van der Waals surface area contributed by atoms with E-state index < -0.39 is 0 Å². The summed E-state index contributed by atoms with van der Waals surface area (Å²) in [5, 5.41) is 0. The average Bonchev–Trinajstić information content (AvgIpc) is 2.12. The van der Waals surface area contributed by atoms with E-state index in [1.165, 1.54) is 32.5 Å². The van der Waals surface area contributed by atoms with E-state index in [4.69, 9.17) is 5.73 Å². The van der Waals surface area contributed by atoms with Crippen LogP contribution in [0.5, 0.6) is 0 Å². The monoisotopic (exact) mass is 186 g/mol. The number of nitrogens with zero attached hydrogens (tertiary/aromatic N) is 1. The maximum Gasteiger partial charge on any atom is 0.000737 e. The van der Waals surface area contributed by atoms with Crippen LogP contribution in [0.15, 0.2) is 0 Å². The Kier molecular flexibility index (Phi) is 8.46. The van der Waals surface area contributed by atoms with E-state index in [-0.39, 0.29) is 0 Å². The minimum absolute atomic E-state index is 0.752. The summed E-state index contributed by atoms with van der Waals surface area (Å²) in [4.78, 5) is 2.53. The molecule has 2 nitrogen and oxygen atoms in total. The predicted molar refractivity (Wildman–Crippen MR) is 59.9 cm³/mol. The molecule has 0 aromatic heterocycles. The molecule has 0 aliphatic rings. The smallest absolute Gasteiger partial charge is 0.000737 e. The predicted octanol–water partition coefficient (Wildman–Crippen LogP) is 2.09. The SMILES string of the molecule is CCCCN(CC)CC(C)CCN. The first-order valence-corrected chi connectivity index (χ1v) is 5.66. The molecule has 2 N–H and O–H groups in total. The fourth-order valence-corrected chi connectivity index (χ4v) is 1.58. The first-order chi connectivity index (χ1) is 6.24. The Bertz CT molecular complexity index is 104. The second kappa shape index (κ2) is 8.52. The summed E-state index contributed by atoms with van der Waals surface area (Å²) < 4.78 is 0. The minimum Gasteiger partial charge on any atom is -0.330 e. The summed E-state index contributed by atoms with van der Waals surface area (Å²) in [5.74, 6) is 0.752. The number of hydrogen-bond donors (Lipinski definition) is 1. The molecule has 0 bridgehead atoms. The highest BCUT2D eigenvalue weighted by molar-refractivity contribution is 4.61. The highest BCUT2D eigenvalue weighted by Crippen LogP contribution is 2.04. The van der Waals surface area contributed by atoms with E-state index in [1.807, 2.05) is 0 Å². The van der Waals surface area contributed by atoms with Gasteiger partial charge in [0.1, 0.15) is 0 Å². The van der Waals surface area contributed by atoms with Gasteiger partial charge >= 0.3 is 0 Å². The van der Waals surface area contributed by atoms with Gasteiger partial charge in [-0.2, -0.15) is 0 Å². The molecule has 0 saturated heterocycles. The largest absolute Gasteiger partial charge is 0.330 e. The molecule has 2 heteroatoms. The van der Waals surface area contributed by atoms with Gasteiger partial charge in [-0.25, -0.2) is 0 Å². The van der Waals surface area contributed by atoms with Crippen LogP contribution in [0, 0.1) is 5.92 Å². The Hall–Kier alpha value is -0.0800.